The minimum absolute atomic E-state index is 0.100. The van der Waals surface area contributed by atoms with Gasteiger partial charge in [-0.3, -0.25) is 4.79 Å². The highest BCUT2D eigenvalue weighted by atomic mass is 16.7. The molecular weight excluding hydrogens is 308 g/mol. The Morgan fingerprint density at radius 2 is 2.21 bits per heavy atom. The molecule has 1 heterocycles. The predicted octanol–water partition coefficient (Wildman–Crippen LogP) is 2.48. The second kappa shape index (κ2) is 5.60. The van der Waals surface area contributed by atoms with E-state index < -0.39 is 11.5 Å². The molecule has 0 saturated heterocycles. The van der Waals surface area contributed by atoms with Gasteiger partial charge < -0.3 is 18.9 Å². The molecule has 2 bridgehead atoms. The van der Waals surface area contributed by atoms with Gasteiger partial charge in [0.25, 0.3) is 0 Å². The summed E-state index contributed by atoms with van der Waals surface area (Å²) in [6, 6.07) is 5.83. The van der Waals surface area contributed by atoms with Crippen molar-refractivity contribution in [2.75, 3.05) is 21.0 Å². The lowest BCUT2D eigenvalue weighted by Crippen LogP contribution is -2.52. The maximum absolute atomic E-state index is 13.1. The monoisotopic (exact) mass is 330 g/mol. The van der Waals surface area contributed by atoms with Crippen LogP contribution in [0.4, 0.5) is 0 Å². The van der Waals surface area contributed by atoms with Crippen molar-refractivity contribution in [1.82, 2.24) is 0 Å². The second-order valence-electron chi connectivity index (χ2n) is 6.76. The Morgan fingerprint density at radius 1 is 1.38 bits per heavy atom. The highest BCUT2D eigenvalue weighted by Gasteiger charge is 2.65. The summed E-state index contributed by atoms with van der Waals surface area (Å²) in [7, 11) is 3.21. The molecule has 2 fully saturated rings. The summed E-state index contributed by atoms with van der Waals surface area (Å²) in [5.74, 6) is 1.57. The zero-order valence-corrected chi connectivity index (χ0v) is 14.0. The van der Waals surface area contributed by atoms with E-state index in [1.807, 2.05) is 24.3 Å². The summed E-state index contributed by atoms with van der Waals surface area (Å²) in [4.78, 5) is 13.1. The van der Waals surface area contributed by atoms with Gasteiger partial charge in [0.1, 0.15) is 6.79 Å². The van der Waals surface area contributed by atoms with Gasteiger partial charge in [-0.1, -0.05) is 18.2 Å². The van der Waals surface area contributed by atoms with E-state index in [1.165, 1.54) is 0 Å². The van der Waals surface area contributed by atoms with E-state index in [-0.39, 0.29) is 30.5 Å². The fourth-order valence-corrected chi connectivity index (χ4v) is 4.83. The third-order valence-corrected chi connectivity index (χ3v) is 5.88. The number of para-hydroxylation sites is 1. The lowest BCUT2D eigenvalue weighted by Gasteiger charge is -2.39. The fourth-order valence-electron chi connectivity index (χ4n) is 4.83. The molecule has 24 heavy (non-hydrogen) atoms. The molecule has 0 amide bonds. The van der Waals surface area contributed by atoms with Crippen LogP contribution in [0.5, 0.6) is 11.5 Å². The summed E-state index contributed by atoms with van der Waals surface area (Å²) >= 11 is 0. The summed E-state index contributed by atoms with van der Waals surface area (Å²) < 4.78 is 22.4. The molecule has 4 rings (SSSR count). The second-order valence-corrected chi connectivity index (χ2v) is 6.76. The number of carbonyl (C=O) groups excluding carboxylic acids is 1. The van der Waals surface area contributed by atoms with E-state index in [0.29, 0.717) is 11.5 Å². The van der Waals surface area contributed by atoms with Gasteiger partial charge in [-0.2, -0.15) is 0 Å². The van der Waals surface area contributed by atoms with Gasteiger partial charge in [0.15, 0.2) is 23.4 Å². The maximum Gasteiger partial charge on any atom is 0.180 e. The Bertz CT molecular complexity index is 684. The highest BCUT2D eigenvalue weighted by Crippen LogP contribution is 2.60. The first-order valence-electron chi connectivity index (χ1n) is 8.29. The van der Waals surface area contributed by atoms with Crippen molar-refractivity contribution in [2.24, 2.45) is 11.8 Å². The molecule has 2 saturated carbocycles. The van der Waals surface area contributed by atoms with Crippen LogP contribution in [0.25, 0.3) is 0 Å². The van der Waals surface area contributed by atoms with E-state index in [4.69, 9.17) is 18.9 Å². The van der Waals surface area contributed by atoms with Crippen LogP contribution < -0.4 is 9.47 Å². The minimum atomic E-state index is -0.541. The summed E-state index contributed by atoms with van der Waals surface area (Å²) in [5.41, 5.74) is 0.508. The van der Waals surface area contributed by atoms with Crippen LogP contribution >= 0.6 is 0 Å². The molecule has 3 aliphatic rings. The minimum Gasteiger partial charge on any atom is -0.493 e. The first-order chi connectivity index (χ1) is 11.7. The molecule has 1 aromatic carbocycles. The normalized spacial score (nSPS) is 36.0. The molecule has 1 aliphatic heterocycles. The van der Waals surface area contributed by atoms with Gasteiger partial charge in [0.2, 0.25) is 0 Å². The number of benzene rings is 1. The van der Waals surface area contributed by atoms with E-state index in [0.717, 1.165) is 18.4 Å². The standard InChI is InChI=1S/C19H22O5/c1-4-19-11-8-12(15(9-11)23-10-21-2)16(20)18(19)24-17-13(19)6-5-7-14(17)22-3/h4-7,11-12,15,18H,1,8-10H2,2-3H3/t11-,12-,15-,18-,19-/m0/s1. The first-order valence-corrected chi connectivity index (χ1v) is 8.29. The summed E-state index contributed by atoms with van der Waals surface area (Å²) in [5, 5.41) is 0. The van der Waals surface area contributed by atoms with Gasteiger partial charge in [0, 0.05) is 18.6 Å². The molecule has 5 nitrogen and oxygen atoms in total. The smallest absolute Gasteiger partial charge is 0.180 e. The van der Waals surface area contributed by atoms with Gasteiger partial charge in [-0.05, 0) is 24.8 Å². The zero-order valence-electron chi connectivity index (χ0n) is 14.0. The van der Waals surface area contributed by atoms with E-state index in [9.17, 15) is 4.79 Å². The molecule has 0 unspecified atom stereocenters. The molecule has 5 heteroatoms. The molecule has 128 valence electrons. The lowest BCUT2D eigenvalue weighted by molar-refractivity contribution is -0.140. The Hall–Kier alpha value is -1.85. The number of fused-ring (bicyclic) bond motifs is 6. The topological polar surface area (TPSA) is 54.0 Å². The third kappa shape index (κ3) is 1.85. The fraction of sp³-hybridized carbons (Fsp3) is 0.526. The lowest BCUT2D eigenvalue weighted by atomic mass is 9.62. The van der Waals surface area contributed by atoms with Crippen LogP contribution in [0, 0.1) is 11.8 Å². The number of Topliss-reactive ketones (excluding diaryl/α,β-unsaturated/α-hetero) is 1. The van der Waals surface area contributed by atoms with Crippen molar-refractivity contribution >= 4 is 5.78 Å². The Morgan fingerprint density at radius 3 is 2.92 bits per heavy atom. The Balaban J connectivity index is 1.78. The molecule has 5 atom stereocenters. The number of hydrogen-bond donors (Lipinski definition) is 0. The van der Waals surface area contributed by atoms with Crippen molar-refractivity contribution in [3.05, 3.63) is 36.4 Å². The SMILES string of the molecule is C=C[C@]12c3cccc(OC)c3O[C@H]1C(=O)[C@H]1C[C@H]2C[C@@H]1OCOC. The van der Waals surface area contributed by atoms with Crippen molar-refractivity contribution in [1.29, 1.82) is 0 Å². The summed E-state index contributed by atoms with van der Waals surface area (Å²) in [6.45, 7) is 4.28. The Kier molecular flexibility index (Phi) is 3.66. The maximum atomic E-state index is 13.1. The number of ketones is 1. The average molecular weight is 330 g/mol. The molecule has 0 N–H and O–H groups in total. The molecular formula is C19H22O5. The van der Waals surface area contributed by atoms with Crippen molar-refractivity contribution in [3.63, 3.8) is 0 Å². The van der Waals surface area contributed by atoms with Crippen LogP contribution in [0.2, 0.25) is 0 Å². The summed E-state index contributed by atoms with van der Waals surface area (Å²) in [6.07, 6.45) is 2.86. The molecule has 0 aromatic heterocycles. The van der Waals surface area contributed by atoms with Crippen LogP contribution in [-0.4, -0.2) is 39.0 Å². The predicted molar refractivity (Wildman–Crippen MR) is 87.3 cm³/mol. The quantitative estimate of drug-likeness (QED) is 0.613. The molecule has 2 aliphatic carbocycles. The van der Waals surface area contributed by atoms with Gasteiger partial charge >= 0.3 is 0 Å². The first kappa shape index (κ1) is 15.7. The Labute approximate surface area is 141 Å². The van der Waals surface area contributed by atoms with E-state index in [2.05, 4.69) is 6.58 Å². The largest absolute Gasteiger partial charge is 0.493 e. The molecule has 1 aromatic rings. The number of rotatable bonds is 5. The van der Waals surface area contributed by atoms with Crippen molar-refractivity contribution < 1.29 is 23.7 Å². The van der Waals surface area contributed by atoms with E-state index >= 15 is 0 Å². The van der Waals surface area contributed by atoms with Gasteiger partial charge in [-0.15, -0.1) is 6.58 Å². The third-order valence-electron chi connectivity index (χ3n) is 5.88. The van der Waals surface area contributed by atoms with Gasteiger partial charge in [0.05, 0.1) is 18.6 Å². The zero-order chi connectivity index (χ0) is 16.9. The van der Waals surface area contributed by atoms with Gasteiger partial charge in [-0.25, -0.2) is 0 Å². The van der Waals surface area contributed by atoms with E-state index in [1.54, 1.807) is 14.2 Å². The number of ether oxygens (including phenoxy) is 4. The number of methoxy groups -OCH3 is 2. The molecule has 0 radical (unpaired) electrons. The average Bonchev–Trinajstić information content (AvgIpc) is 3.16. The van der Waals surface area contributed by atoms with Crippen LogP contribution in [0.15, 0.2) is 30.9 Å². The van der Waals surface area contributed by atoms with Crippen LogP contribution in [0.1, 0.15) is 18.4 Å². The van der Waals surface area contributed by atoms with Crippen molar-refractivity contribution in [3.8, 4) is 11.5 Å². The highest BCUT2D eigenvalue weighted by molar-refractivity contribution is 5.92. The van der Waals surface area contributed by atoms with Crippen LogP contribution in [0.3, 0.4) is 0 Å². The number of hydrogen-bond acceptors (Lipinski definition) is 5. The number of carbonyl (C=O) groups is 1. The van der Waals surface area contributed by atoms with Crippen LogP contribution in [-0.2, 0) is 19.7 Å². The van der Waals surface area contributed by atoms with Crippen molar-refractivity contribution in [2.45, 2.75) is 30.5 Å². The molecule has 0 spiro atoms.